The minimum Gasteiger partial charge on any atom is -0.454 e. The van der Waals surface area contributed by atoms with Crippen molar-refractivity contribution in [2.24, 2.45) is 35.5 Å². The van der Waals surface area contributed by atoms with E-state index < -0.39 is 5.97 Å². The zero-order valence-electron chi connectivity index (χ0n) is 24.4. The number of ether oxygens (including phenoxy) is 1. The van der Waals surface area contributed by atoms with Crippen LogP contribution in [0, 0.1) is 49.4 Å². The Balaban J connectivity index is 1.07. The van der Waals surface area contributed by atoms with Gasteiger partial charge < -0.3 is 4.74 Å². The summed E-state index contributed by atoms with van der Waals surface area (Å²) in [6, 6.07) is 21.7. The highest BCUT2D eigenvalue weighted by molar-refractivity contribution is 6.22. The Morgan fingerprint density at radius 3 is 2.11 bits per heavy atom. The lowest BCUT2D eigenvalue weighted by molar-refractivity contribution is -0.124. The van der Waals surface area contributed by atoms with Crippen LogP contribution in [-0.2, 0) is 14.3 Å². The molecule has 2 bridgehead atoms. The van der Waals surface area contributed by atoms with Gasteiger partial charge in [-0.25, -0.2) is 9.78 Å². The number of hydrogen-bond donors (Lipinski definition) is 0. The summed E-state index contributed by atoms with van der Waals surface area (Å²) in [6.45, 7) is 3.50. The highest BCUT2D eigenvalue weighted by atomic mass is 16.5. The van der Waals surface area contributed by atoms with E-state index in [1.54, 1.807) is 30.3 Å². The second kappa shape index (κ2) is 9.81. The van der Waals surface area contributed by atoms with E-state index >= 15 is 0 Å². The molecule has 4 aromatic rings. The van der Waals surface area contributed by atoms with Crippen molar-refractivity contribution in [1.82, 2.24) is 4.98 Å². The Bertz CT molecular complexity index is 1890. The summed E-state index contributed by atoms with van der Waals surface area (Å²) in [6.07, 6.45) is 5.47. The number of imide groups is 1. The normalized spacial score (nSPS) is 26.1. The number of anilines is 1. The van der Waals surface area contributed by atoms with Crippen molar-refractivity contribution in [2.75, 3.05) is 11.5 Å². The van der Waals surface area contributed by atoms with Crippen LogP contribution < -0.4 is 4.90 Å². The van der Waals surface area contributed by atoms with Gasteiger partial charge in [-0.1, -0.05) is 65.7 Å². The molecule has 6 atom stereocenters. The Kier molecular flexibility index (Phi) is 5.95. The SMILES string of the molecule is Cc1ccc(C(=O)COC(=O)c2cc(-c3ccc(N4C(=O)C5C6C=CC(C7CC67)C5C4=O)cc3)nc3ccc(C)cc23)cc1. The van der Waals surface area contributed by atoms with Crippen LogP contribution >= 0.6 is 0 Å². The van der Waals surface area contributed by atoms with Gasteiger partial charge in [0.15, 0.2) is 12.4 Å². The predicted molar refractivity (Wildman–Crippen MR) is 165 cm³/mol. The maximum Gasteiger partial charge on any atom is 0.339 e. The smallest absolute Gasteiger partial charge is 0.339 e. The lowest BCUT2D eigenvalue weighted by atomic mass is 9.63. The van der Waals surface area contributed by atoms with E-state index in [0.29, 0.717) is 45.2 Å². The highest BCUT2D eigenvalue weighted by Crippen LogP contribution is 2.65. The number of aryl methyl sites for hydroxylation is 2. The molecule has 0 N–H and O–H groups in total. The van der Waals surface area contributed by atoms with Crippen LogP contribution in [0.1, 0.15) is 38.3 Å². The number of Topliss-reactive ketones (excluding diaryl/α,β-unsaturated/α-hetero) is 1. The molecule has 0 spiro atoms. The highest BCUT2D eigenvalue weighted by Gasteiger charge is 2.67. The molecule has 9 rings (SSSR count). The van der Waals surface area contributed by atoms with E-state index in [1.807, 2.05) is 56.3 Å². The lowest BCUT2D eigenvalue weighted by Crippen LogP contribution is -2.40. The van der Waals surface area contributed by atoms with Gasteiger partial charge in [-0.2, -0.15) is 0 Å². The van der Waals surface area contributed by atoms with Crippen LogP contribution in [0.25, 0.3) is 22.2 Å². The molecule has 4 aliphatic carbocycles. The number of hydrogen-bond acceptors (Lipinski definition) is 6. The van der Waals surface area contributed by atoms with Gasteiger partial charge in [-0.05, 0) is 74.3 Å². The number of fused-ring (bicyclic) bond motifs is 1. The largest absolute Gasteiger partial charge is 0.454 e. The number of aromatic nitrogens is 1. The van der Waals surface area contributed by atoms with Gasteiger partial charge in [0.05, 0.1) is 34.3 Å². The first-order valence-corrected chi connectivity index (χ1v) is 15.1. The Morgan fingerprint density at radius 2 is 1.45 bits per heavy atom. The number of allylic oxidation sites excluding steroid dienone is 2. The number of nitrogens with zero attached hydrogens (tertiary/aromatic N) is 2. The summed E-state index contributed by atoms with van der Waals surface area (Å²) in [7, 11) is 0. The summed E-state index contributed by atoms with van der Waals surface area (Å²) >= 11 is 0. The second-order valence-corrected chi connectivity index (χ2v) is 12.7. The number of rotatable bonds is 6. The summed E-state index contributed by atoms with van der Waals surface area (Å²) < 4.78 is 5.50. The molecule has 1 aliphatic heterocycles. The van der Waals surface area contributed by atoms with E-state index in [4.69, 9.17) is 9.72 Å². The van der Waals surface area contributed by atoms with Crippen molar-refractivity contribution in [3.63, 3.8) is 0 Å². The summed E-state index contributed by atoms with van der Waals surface area (Å²) in [4.78, 5) is 59.3. The molecule has 7 heteroatoms. The fraction of sp³-hybridized carbons (Fsp3) is 0.270. The third-order valence-corrected chi connectivity index (χ3v) is 9.98. The fourth-order valence-corrected chi connectivity index (χ4v) is 7.68. The Labute approximate surface area is 254 Å². The first-order chi connectivity index (χ1) is 21.3. The van der Waals surface area contributed by atoms with Gasteiger partial charge in [0.1, 0.15) is 0 Å². The standard InChI is InChI=1S/C37H30N2O5/c1-19-3-6-22(7-4-19)32(40)18-44-37(43)29-17-31(38-30-14-5-20(2)15-28(29)30)21-8-10-23(11-9-21)39-35(41)33-24-12-13-25(27-16-26(24)27)34(33)36(39)42/h3-15,17,24-27,33-34H,16,18H2,1-2H3. The van der Waals surface area contributed by atoms with Gasteiger partial charge in [0.2, 0.25) is 11.8 Å². The minimum atomic E-state index is -0.613. The van der Waals surface area contributed by atoms with E-state index in [2.05, 4.69) is 12.2 Å². The Hall–Kier alpha value is -4.91. The average molecular weight is 583 g/mol. The van der Waals surface area contributed by atoms with Crippen molar-refractivity contribution in [3.8, 4) is 11.3 Å². The number of esters is 1. The quantitative estimate of drug-likeness (QED) is 0.118. The lowest BCUT2D eigenvalue weighted by Gasteiger charge is -2.37. The van der Waals surface area contributed by atoms with Crippen molar-refractivity contribution in [3.05, 3.63) is 107 Å². The monoisotopic (exact) mass is 582 g/mol. The predicted octanol–water partition coefficient (Wildman–Crippen LogP) is 6.12. The Morgan fingerprint density at radius 1 is 0.818 bits per heavy atom. The molecule has 0 radical (unpaired) electrons. The molecule has 5 aliphatic rings. The fourth-order valence-electron chi connectivity index (χ4n) is 7.68. The van der Waals surface area contributed by atoms with Crippen molar-refractivity contribution in [2.45, 2.75) is 20.3 Å². The van der Waals surface area contributed by atoms with Crippen molar-refractivity contribution < 1.29 is 23.9 Å². The maximum atomic E-state index is 13.6. The van der Waals surface area contributed by atoms with E-state index in [-0.39, 0.29) is 47.9 Å². The van der Waals surface area contributed by atoms with Crippen molar-refractivity contribution in [1.29, 1.82) is 0 Å². The molecule has 2 amide bonds. The van der Waals surface area contributed by atoms with E-state index in [1.165, 1.54) is 4.90 Å². The molecule has 218 valence electrons. The molecule has 3 aromatic carbocycles. The van der Waals surface area contributed by atoms with Gasteiger partial charge >= 0.3 is 5.97 Å². The molecular weight excluding hydrogens is 552 g/mol. The summed E-state index contributed by atoms with van der Waals surface area (Å²) in [5, 5.41) is 0.635. The van der Waals surface area contributed by atoms with Crippen LogP contribution in [0.15, 0.2) is 84.9 Å². The third-order valence-electron chi connectivity index (χ3n) is 9.98. The molecule has 1 aromatic heterocycles. The first-order valence-electron chi connectivity index (χ1n) is 15.1. The van der Waals surface area contributed by atoms with Crippen LogP contribution in [0.2, 0.25) is 0 Å². The summed E-state index contributed by atoms with van der Waals surface area (Å²) in [5.74, 6) is -0.143. The number of ketones is 1. The molecule has 6 unspecified atom stereocenters. The van der Waals surface area contributed by atoms with Crippen LogP contribution in [-0.4, -0.2) is 35.2 Å². The van der Waals surface area contributed by atoms with Crippen molar-refractivity contribution >= 4 is 40.2 Å². The maximum absolute atomic E-state index is 13.6. The zero-order valence-corrected chi connectivity index (χ0v) is 24.4. The summed E-state index contributed by atoms with van der Waals surface area (Å²) in [5.41, 5.74) is 5.22. The van der Waals surface area contributed by atoms with Crippen LogP contribution in [0.3, 0.4) is 0 Å². The van der Waals surface area contributed by atoms with Crippen LogP contribution in [0.4, 0.5) is 5.69 Å². The number of amides is 2. The van der Waals surface area contributed by atoms with E-state index in [0.717, 1.165) is 23.1 Å². The number of pyridine rings is 1. The van der Waals surface area contributed by atoms with Crippen LogP contribution in [0.5, 0.6) is 0 Å². The molecule has 2 saturated carbocycles. The zero-order chi connectivity index (χ0) is 30.3. The van der Waals surface area contributed by atoms with E-state index in [9.17, 15) is 19.2 Å². The molecule has 7 nitrogen and oxygen atoms in total. The van der Waals surface area contributed by atoms with Gasteiger partial charge in [0, 0.05) is 16.5 Å². The molecule has 2 heterocycles. The van der Waals surface area contributed by atoms with Gasteiger partial charge in [0.25, 0.3) is 0 Å². The molecule has 3 fully saturated rings. The topological polar surface area (TPSA) is 93.6 Å². The molecular formula is C37H30N2O5. The number of carbonyl (C=O) groups is 4. The molecule has 1 saturated heterocycles. The third kappa shape index (κ3) is 4.13. The van der Waals surface area contributed by atoms with Gasteiger partial charge in [-0.3, -0.25) is 19.3 Å². The second-order valence-electron chi connectivity index (χ2n) is 12.7. The average Bonchev–Trinajstić information content (AvgIpc) is 3.82. The number of carbonyl (C=O) groups excluding carboxylic acids is 4. The first kappa shape index (κ1) is 26.7. The molecule has 44 heavy (non-hydrogen) atoms. The minimum absolute atomic E-state index is 0.0955. The van der Waals surface area contributed by atoms with Gasteiger partial charge in [-0.15, -0.1) is 0 Å². The number of benzene rings is 3.